The SMILES string of the molecule is CCCn1c(SCCNC(=O)CCC2CCCC2)nc(-c2ccc(OC)cc2)c1-c1ccc(OC)cc1. The highest BCUT2D eigenvalue weighted by Gasteiger charge is 2.21. The standard InChI is InChI=1S/C30H39N3O3S/c1-4-20-33-29(24-12-16-26(36-3)17-13-24)28(23-10-14-25(35-2)15-11-23)32-30(33)37-21-19-31-27(34)18-9-22-7-5-6-8-22/h10-17,22H,4-9,18-21H2,1-3H3,(H,31,34). The van der Waals surface area contributed by atoms with Crippen molar-refractivity contribution in [1.82, 2.24) is 14.9 Å². The first kappa shape index (κ1) is 27.1. The van der Waals surface area contributed by atoms with Crippen LogP contribution in [0.25, 0.3) is 22.5 Å². The van der Waals surface area contributed by atoms with Gasteiger partial charge in [0.15, 0.2) is 5.16 Å². The Bertz CT molecular complexity index is 1140. The van der Waals surface area contributed by atoms with Crippen LogP contribution < -0.4 is 14.8 Å². The number of thioether (sulfide) groups is 1. The number of rotatable bonds is 13. The molecule has 0 bridgehead atoms. The number of methoxy groups -OCH3 is 2. The van der Waals surface area contributed by atoms with E-state index < -0.39 is 0 Å². The van der Waals surface area contributed by atoms with Gasteiger partial charge in [0, 0.05) is 36.4 Å². The second-order valence-corrected chi connectivity index (χ2v) is 10.6. The summed E-state index contributed by atoms with van der Waals surface area (Å²) < 4.78 is 13.1. The molecule has 6 nitrogen and oxygen atoms in total. The van der Waals surface area contributed by atoms with Gasteiger partial charge in [-0.3, -0.25) is 4.79 Å². The lowest BCUT2D eigenvalue weighted by atomic mass is 10.0. The summed E-state index contributed by atoms with van der Waals surface area (Å²) in [4.78, 5) is 17.5. The quantitative estimate of drug-likeness (QED) is 0.197. The normalized spacial score (nSPS) is 13.6. The number of nitrogens with zero attached hydrogens (tertiary/aromatic N) is 2. The minimum absolute atomic E-state index is 0.169. The first-order valence-electron chi connectivity index (χ1n) is 13.4. The van der Waals surface area contributed by atoms with Gasteiger partial charge in [-0.2, -0.15) is 0 Å². The summed E-state index contributed by atoms with van der Waals surface area (Å²) in [5.41, 5.74) is 4.19. The average Bonchev–Trinajstić information content (AvgIpc) is 3.59. The molecule has 2 aromatic carbocycles. The first-order valence-corrected chi connectivity index (χ1v) is 14.4. The Morgan fingerprint density at radius 1 is 1.00 bits per heavy atom. The molecule has 198 valence electrons. The van der Waals surface area contributed by atoms with E-state index in [1.54, 1.807) is 26.0 Å². The Morgan fingerprint density at radius 3 is 2.22 bits per heavy atom. The van der Waals surface area contributed by atoms with Crippen LogP contribution in [0, 0.1) is 5.92 Å². The van der Waals surface area contributed by atoms with Crippen LogP contribution in [-0.2, 0) is 11.3 Å². The Balaban J connectivity index is 1.52. The third kappa shape index (κ3) is 7.10. The van der Waals surface area contributed by atoms with Crippen molar-refractivity contribution in [1.29, 1.82) is 0 Å². The molecular formula is C30H39N3O3S. The molecule has 1 aromatic heterocycles. The third-order valence-corrected chi connectivity index (χ3v) is 7.99. The van der Waals surface area contributed by atoms with E-state index in [9.17, 15) is 4.79 Å². The highest BCUT2D eigenvalue weighted by molar-refractivity contribution is 7.99. The zero-order chi connectivity index (χ0) is 26.0. The van der Waals surface area contributed by atoms with Crippen LogP contribution in [0.3, 0.4) is 0 Å². The van der Waals surface area contributed by atoms with Crippen LogP contribution in [0.5, 0.6) is 11.5 Å². The molecule has 37 heavy (non-hydrogen) atoms. The number of imidazole rings is 1. The number of aromatic nitrogens is 2. The van der Waals surface area contributed by atoms with E-state index in [2.05, 4.69) is 41.1 Å². The number of hydrogen-bond donors (Lipinski definition) is 1. The van der Waals surface area contributed by atoms with E-state index >= 15 is 0 Å². The number of carbonyl (C=O) groups is 1. The Labute approximate surface area is 225 Å². The molecule has 1 N–H and O–H groups in total. The molecule has 1 fully saturated rings. The number of carbonyl (C=O) groups excluding carboxylic acids is 1. The van der Waals surface area contributed by atoms with Crippen molar-refractivity contribution in [3.8, 4) is 34.0 Å². The van der Waals surface area contributed by atoms with Crippen molar-refractivity contribution >= 4 is 17.7 Å². The lowest BCUT2D eigenvalue weighted by Gasteiger charge is -2.13. The summed E-state index contributed by atoms with van der Waals surface area (Å²) in [7, 11) is 3.36. The van der Waals surface area contributed by atoms with E-state index in [0.29, 0.717) is 13.0 Å². The Kier molecular flexibility index (Phi) is 9.94. The van der Waals surface area contributed by atoms with Crippen LogP contribution in [0.1, 0.15) is 51.9 Å². The lowest BCUT2D eigenvalue weighted by Crippen LogP contribution is -2.26. The van der Waals surface area contributed by atoms with Gasteiger partial charge in [0.1, 0.15) is 11.5 Å². The van der Waals surface area contributed by atoms with Gasteiger partial charge < -0.3 is 19.4 Å². The van der Waals surface area contributed by atoms with E-state index in [1.165, 1.54) is 25.7 Å². The lowest BCUT2D eigenvalue weighted by molar-refractivity contribution is -0.121. The number of ether oxygens (including phenoxy) is 2. The monoisotopic (exact) mass is 521 g/mol. The molecule has 3 aromatic rings. The smallest absolute Gasteiger partial charge is 0.220 e. The summed E-state index contributed by atoms with van der Waals surface area (Å²) in [6.45, 7) is 3.69. The van der Waals surface area contributed by atoms with Crippen LogP contribution >= 0.6 is 11.8 Å². The molecule has 1 amide bonds. The molecule has 1 saturated carbocycles. The van der Waals surface area contributed by atoms with Crippen molar-refractivity contribution in [3.05, 3.63) is 48.5 Å². The predicted octanol–water partition coefficient (Wildman–Crippen LogP) is 6.82. The van der Waals surface area contributed by atoms with Gasteiger partial charge in [-0.15, -0.1) is 0 Å². The fourth-order valence-corrected chi connectivity index (χ4v) is 5.90. The van der Waals surface area contributed by atoms with Crippen LogP contribution in [0.2, 0.25) is 0 Å². The topological polar surface area (TPSA) is 65.4 Å². The molecule has 0 aliphatic heterocycles. The molecule has 4 rings (SSSR count). The van der Waals surface area contributed by atoms with Gasteiger partial charge in [0.05, 0.1) is 25.6 Å². The summed E-state index contributed by atoms with van der Waals surface area (Å²) in [5, 5.41) is 4.08. The molecule has 0 saturated heterocycles. The molecule has 0 spiro atoms. The molecule has 0 atom stereocenters. The van der Waals surface area contributed by atoms with Crippen LogP contribution in [0.15, 0.2) is 53.7 Å². The van der Waals surface area contributed by atoms with Gasteiger partial charge in [0.2, 0.25) is 5.91 Å². The van der Waals surface area contributed by atoms with Crippen LogP contribution in [-0.4, -0.2) is 42.0 Å². The zero-order valence-corrected chi connectivity index (χ0v) is 23.1. The van der Waals surface area contributed by atoms with E-state index in [4.69, 9.17) is 14.5 Å². The summed E-state index contributed by atoms with van der Waals surface area (Å²) in [5.74, 6) is 3.34. The Hall–Kier alpha value is -2.93. The highest BCUT2D eigenvalue weighted by atomic mass is 32.2. The largest absolute Gasteiger partial charge is 0.497 e. The fraction of sp³-hybridized carbons (Fsp3) is 0.467. The van der Waals surface area contributed by atoms with E-state index in [0.717, 1.165) is 70.2 Å². The second kappa shape index (κ2) is 13.6. The number of nitrogens with one attached hydrogen (secondary N) is 1. The van der Waals surface area contributed by atoms with Crippen molar-refractivity contribution in [3.63, 3.8) is 0 Å². The number of benzene rings is 2. The predicted molar refractivity (Wildman–Crippen MR) is 151 cm³/mol. The molecule has 1 aliphatic carbocycles. The number of hydrogen-bond acceptors (Lipinski definition) is 5. The Morgan fingerprint density at radius 2 is 1.62 bits per heavy atom. The van der Waals surface area contributed by atoms with Crippen molar-refractivity contribution in [2.24, 2.45) is 5.92 Å². The maximum atomic E-state index is 12.4. The summed E-state index contributed by atoms with van der Waals surface area (Å²) >= 11 is 1.70. The van der Waals surface area contributed by atoms with Gasteiger partial charge in [-0.1, -0.05) is 44.4 Å². The molecule has 0 radical (unpaired) electrons. The minimum atomic E-state index is 0.169. The van der Waals surface area contributed by atoms with E-state index in [1.807, 2.05) is 24.3 Å². The fourth-order valence-electron chi connectivity index (χ4n) is 5.02. The van der Waals surface area contributed by atoms with E-state index in [-0.39, 0.29) is 5.91 Å². The maximum absolute atomic E-state index is 12.4. The van der Waals surface area contributed by atoms with Gasteiger partial charge in [-0.25, -0.2) is 4.98 Å². The average molecular weight is 522 g/mol. The van der Waals surface area contributed by atoms with Gasteiger partial charge in [-0.05, 0) is 67.3 Å². The van der Waals surface area contributed by atoms with Crippen LogP contribution in [0.4, 0.5) is 0 Å². The zero-order valence-electron chi connectivity index (χ0n) is 22.3. The summed E-state index contributed by atoms with van der Waals surface area (Å²) in [6, 6.07) is 16.2. The van der Waals surface area contributed by atoms with Crippen molar-refractivity contribution in [2.75, 3.05) is 26.5 Å². The van der Waals surface area contributed by atoms with Gasteiger partial charge in [0.25, 0.3) is 0 Å². The minimum Gasteiger partial charge on any atom is -0.497 e. The molecule has 7 heteroatoms. The molecular weight excluding hydrogens is 482 g/mol. The second-order valence-electron chi connectivity index (χ2n) is 9.59. The molecule has 0 unspecified atom stereocenters. The van der Waals surface area contributed by atoms with Crippen molar-refractivity contribution < 1.29 is 14.3 Å². The van der Waals surface area contributed by atoms with Crippen molar-refractivity contribution in [2.45, 2.75) is 63.6 Å². The first-order chi connectivity index (χ1) is 18.1. The molecule has 1 aliphatic rings. The summed E-state index contributed by atoms with van der Waals surface area (Å²) in [6.07, 6.45) is 7.88. The number of amides is 1. The maximum Gasteiger partial charge on any atom is 0.220 e. The molecule has 1 heterocycles. The highest BCUT2D eigenvalue weighted by Crippen LogP contribution is 2.37. The third-order valence-electron chi connectivity index (χ3n) is 7.02. The van der Waals surface area contributed by atoms with Gasteiger partial charge >= 0.3 is 0 Å².